The van der Waals surface area contributed by atoms with Crippen molar-refractivity contribution in [2.45, 2.75) is 31.3 Å². The topological polar surface area (TPSA) is 130 Å². The SMILES string of the molecule is COC(=O)C(C(=O)OC)C1(C)CC[C@@H](C(=O)O)N1C(=O)O. The Balaban J connectivity index is 3.32. The third kappa shape index (κ3) is 2.76. The summed E-state index contributed by atoms with van der Waals surface area (Å²) in [4.78, 5) is 46.9. The zero-order valence-corrected chi connectivity index (χ0v) is 11.9. The minimum absolute atomic E-state index is 0.0113. The lowest BCUT2D eigenvalue weighted by molar-refractivity contribution is -0.166. The van der Waals surface area contributed by atoms with Crippen LogP contribution in [0.1, 0.15) is 19.8 Å². The number of carbonyl (C=O) groups is 4. The molecule has 1 saturated heterocycles. The Hall–Kier alpha value is -2.32. The second-order valence-electron chi connectivity index (χ2n) is 4.88. The van der Waals surface area contributed by atoms with Gasteiger partial charge in [-0.05, 0) is 19.8 Å². The highest BCUT2D eigenvalue weighted by Crippen LogP contribution is 2.40. The lowest BCUT2D eigenvalue weighted by Crippen LogP contribution is -2.58. The van der Waals surface area contributed by atoms with Crippen molar-refractivity contribution in [2.75, 3.05) is 14.2 Å². The summed E-state index contributed by atoms with van der Waals surface area (Å²) >= 11 is 0. The van der Waals surface area contributed by atoms with E-state index in [0.29, 0.717) is 4.90 Å². The number of likely N-dealkylation sites (tertiary alicyclic amines) is 1. The lowest BCUT2D eigenvalue weighted by atomic mass is 9.83. The highest BCUT2D eigenvalue weighted by Gasteiger charge is 2.58. The second kappa shape index (κ2) is 5.98. The van der Waals surface area contributed by atoms with Gasteiger partial charge < -0.3 is 19.7 Å². The first kappa shape index (κ1) is 16.7. The molecule has 0 aliphatic carbocycles. The van der Waals surface area contributed by atoms with Crippen LogP contribution < -0.4 is 0 Å². The van der Waals surface area contributed by atoms with E-state index in [4.69, 9.17) is 5.11 Å². The van der Waals surface area contributed by atoms with E-state index >= 15 is 0 Å². The fourth-order valence-corrected chi connectivity index (χ4v) is 2.74. The van der Waals surface area contributed by atoms with Gasteiger partial charge in [-0.2, -0.15) is 0 Å². The minimum Gasteiger partial charge on any atom is -0.480 e. The predicted octanol–water partition coefficient (Wildman–Crippen LogP) is -0.0657. The van der Waals surface area contributed by atoms with Crippen LogP contribution in [-0.4, -0.2) is 64.9 Å². The minimum atomic E-state index is -1.55. The van der Waals surface area contributed by atoms with Gasteiger partial charge >= 0.3 is 24.0 Å². The van der Waals surface area contributed by atoms with Gasteiger partial charge in [-0.1, -0.05) is 0 Å². The number of carboxylic acids is 1. The molecule has 0 aromatic carbocycles. The highest BCUT2D eigenvalue weighted by atomic mass is 16.5. The van der Waals surface area contributed by atoms with Crippen molar-refractivity contribution in [2.24, 2.45) is 5.92 Å². The summed E-state index contributed by atoms with van der Waals surface area (Å²) in [5, 5.41) is 18.4. The van der Waals surface area contributed by atoms with Crippen molar-refractivity contribution in [3.05, 3.63) is 0 Å². The number of carboxylic acid groups (broad SMARTS) is 2. The zero-order chi connectivity index (χ0) is 16.4. The standard InChI is InChI=1S/C12H17NO8/c1-12(7(9(16)20-2)10(17)21-3)5-4-6(8(14)15)13(12)11(18)19/h6-7H,4-5H2,1-3H3,(H,14,15)(H,18,19)/t6-,12?/m0/s1. The van der Waals surface area contributed by atoms with Gasteiger partial charge in [0.1, 0.15) is 6.04 Å². The Morgan fingerprint density at radius 3 is 1.95 bits per heavy atom. The molecule has 0 aromatic heterocycles. The molecule has 9 nitrogen and oxygen atoms in total. The first-order valence-electron chi connectivity index (χ1n) is 6.11. The quantitative estimate of drug-likeness (QED) is 0.545. The van der Waals surface area contributed by atoms with E-state index in [1.54, 1.807) is 0 Å². The molecule has 0 saturated carbocycles. The predicted molar refractivity (Wildman–Crippen MR) is 66.4 cm³/mol. The van der Waals surface area contributed by atoms with Crippen molar-refractivity contribution in [1.29, 1.82) is 0 Å². The van der Waals surface area contributed by atoms with Crippen LogP contribution in [0.15, 0.2) is 0 Å². The number of methoxy groups -OCH3 is 2. The summed E-state index contributed by atoms with van der Waals surface area (Å²) in [6.07, 6.45) is -1.52. The molecule has 21 heavy (non-hydrogen) atoms. The van der Waals surface area contributed by atoms with Crippen molar-refractivity contribution in [1.82, 2.24) is 4.90 Å². The third-order valence-corrected chi connectivity index (χ3v) is 3.77. The van der Waals surface area contributed by atoms with Gasteiger partial charge in [0.25, 0.3) is 0 Å². The summed E-state index contributed by atoms with van der Waals surface area (Å²) in [6, 6.07) is -1.33. The molecule has 1 heterocycles. The van der Waals surface area contributed by atoms with Crippen LogP contribution in [0.4, 0.5) is 4.79 Å². The molecule has 2 atom stereocenters. The highest BCUT2D eigenvalue weighted by molar-refractivity contribution is 5.97. The van der Waals surface area contributed by atoms with Gasteiger partial charge in [0, 0.05) is 0 Å². The molecule has 1 aliphatic heterocycles. The summed E-state index contributed by atoms with van der Waals surface area (Å²) in [7, 11) is 2.10. The number of ether oxygens (including phenoxy) is 2. The van der Waals surface area contributed by atoms with Crippen LogP contribution in [0, 0.1) is 5.92 Å². The van der Waals surface area contributed by atoms with E-state index in [0.717, 1.165) is 14.2 Å². The van der Waals surface area contributed by atoms with Crippen LogP contribution in [-0.2, 0) is 23.9 Å². The Kier molecular flexibility index (Phi) is 4.77. The Morgan fingerprint density at radius 2 is 1.62 bits per heavy atom. The molecule has 0 aromatic rings. The smallest absolute Gasteiger partial charge is 0.408 e. The fourth-order valence-electron chi connectivity index (χ4n) is 2.74. The van der Waals surface area contributed by atoms with Gasteiger partial charge in [-0.15, -0.1) is 0 Å². The molecule has 1 rings (SSSR count). The number of amides is 1. The van der Waals surface area contributed by atoms with Crippen LogP contribution in [0.3, 0.4) is 0 Å². The number of hydrogen-bond acceptors (Lipinski definition) is 6. The number of carbonyl (C=O) groups excluding carboxylic acids is 2. The number of hydrogen-bond donors (Lipinski definition) is 2. The van der Waals surface area contributed by atoms with Crippen molar-refractivity contribution < 1.29 is 38.9 Å². The average molecular weight is 303 g/mol. The lowest BCUT2D eigenvalue weighted by Gasteiger charge is -2.38. The Morgan fingerprint density at radius 1 is 1.14 bits per heavy atom. The normalized spacial score (nSPS) is 24.8. The summed E-state index contributed by atoms with van der Waals surface area (Å²) < 4.78 is 9.06. The molecule has 0 radical (unpaired) electrons. The molecule has 0 bridgehead atoms. The number of aliphatic carboxylic acids is 1. The van der Waals surface area contributed by atoms with E-state index < -0.39 is 41.5 Å². The molecule has 1 fully saturated rings. The van der Waals surface area contributed by atoms with Gasteiger partial charge in [0.05, 0.1) is 19.8 Å². The third-order valence-electron chi connectivity index (χ3n) is 3.77. The van der Waals surface area contributed by atoms with E-state index in [-0.39, 0.29) is 12.8 Å². The monoisotopic (exact) mass is 303 g/mol. The van der Waals surface area contributed by atoms with E-state index in [1.807, 2.05) is 0 Å². The van der Waals surface area contributed by atoms with Gasteiger partial charge in [-0.25, -0.2) is 9.59 Å². The molecule has 2 N–H and O–H groups in total. The van der Waals surface area contributed by atoms with Crippen molar-refractivity contribution >= 4 is 24.0 Å². The molecule has 1 aliphatic rings. The maximum absolute atomic E-state index is 11.9. The summed E-state index contributed by atoms with van der Waals surface area (Å²) in [5.41, 5.74) is -1.55. The molecule has 9 heteroatoms. The second-order valence-corrected chi connectivity index (χ2v) is 4.88. The molecule has 0 spiro atoms. The van der Waals surface area contributed by atoms with Crippen LogP contribution in [0.2, 0.25) is 0 Å². The van der Waals surface area contributed by atoms with Gasteiger partial charge in [0.15, 0.2) is 5.92 Å². The summed E-state index contributed by atoms with van der Waals surface area (Å²) in [5.74, 6) is -4.83. The maximum atomic E-state index is 11.9. The van der Waals surface area contributed by atoms with Gasteiger partial charge in [-0.3, -0.25) is 14.5 Å². The van der Waals surface area contributed by atoms with Crippen LogP contribution in [0.5, 0.6) is 0 Å². The maximum Gasteiger partial charge on any atom is 0.408 e. The molecule has 118 valence electrons. The zero-order valence-electron chi connectivity index (χ0n) is 11.9. The number of esters is 2. The average Bonchev–Trinajstić information content (AvgIpc) is 2.76. The largest absolute Gasteiger partial charge is 0.480 e. The Labute approximate surface area is 120 Å². The first-order valence-corrected chi connectivity index (χ1v) is 6.11. The van der Waals surface area contributed by atoms with Crippen molar-refractivity contribution in [3.8, 4) is 0 Å². The molecular weight excluding hydrogens is 286 g/mol. The van der Waals surface area contributed by atoms with Crippen LogP contribution in [0.25, 0.3) is 0 Å². The first-order chi connectivity index (χ1) is 9.70. The number of rotatable bonds is 4. The molecular formula is C12H17NO8. The molecule has 1 amide bonds. The van der Waals surface area contributed by atoms with E-state index in [1.165, 1.54) is 6.92 Å². The van der Waals surface area contributed by atoms with E-state index in [2.05, 4.69) is 9.47 Å². The number of nitrogens with zero attached hydrogens (tertiary/aromatic N) is 1. The van der Waals surface area contributed by atoms with Crippen molar-refractivity contribution in [3.63, 3.8) is 0 Å². The molecule has 1 unspecified atom stereocenters. The van der Waals surface area contributed by atoms with E-state index in [9.17, 15) is 24.3 Å². The fraction of sp³-hybridized carbons (Fsp3) is 0.667. The van der Waals surface area contributed by atoms with Crippen LogP contribution >= 0.6 is 0 Å². The summed E-state index contributed by atoms with van der Waals surface area (Å²) in [6.45, 7) is 1.34. The van der Waals surface area contributed by atoms with Gasteiger partial charge in [0.2, 0.25) is 0 Å². The Bertz CT molecular complexity index is 460.